The van der Waals surface area contributed by atoms with Gasteiger partial charge in [0.2, 0.25) is 23.8 Å². The molecule has 0 radical (unpaired) electrons. The van der Waals surface area contributed by atoms with Crippen molar-refractivity contribution in [2.75, 3.05) is 22.9 Å². The van der Waals surface area contributed by atoms with Crippen molar-refractivity contribution in [3.63, 3.8) is 0 Å². The molecule has 3 aromatic carbocycles. The molecule has 0 saturated carbocycles. The third-order valence-corrected chi connectivity index (χ3v) is 5.11. The molecule has 0 aliphatic rings. The van der Waals surface area contributed by atoms with Crippen molar-refractivity contribution < 1.29 is 19.8 Å². The first kappa shape index (κ1) is 30.4. The van der Waals surface area contributed by atoms with E-state index in [1.165, 1.54) is 0 Å². The minimum atomic E-state index is -0.919. The molecule has 0 saturated heterocycles. The maximum atomic E-state index is 10.4. The second-order valence-electron chi connectivity index (χ2n) is 8.44. The number of nitrogens with two attached hydrogens (primary N) is 4. The summed E-state index contributed by atoms with van der Waals surface area (Å²) in [5, 5.41) is 17.0. The van der Waals surface area contributed by atoms with Crippen molar-refractivity contribution in [2.24, 2.45) is 0 Å². The van der Waals surface area contributed by atoms with Gasteiger partial charge in [-0.15, -0.1) is 0 Å². The van der Waals surface area contributed by atoms with E-state index in [1.807, 2.05) is 60.7 Å². The van der Waals surface area contributed by atoms with Crippen LogP contribution in [-0.4, -0.2) is 52.1 Å². The fourth-order valence-corrected chi connectivity index (χ4v) is 3.45. The molecule has 214 valence electrons. The molecule has 5 rings (SSSR count). The molecule has 0 atom stereocenters. The predicted octanol–water partition coefficient (Wildman–Crippen LogP) is 2.35. The van der Waals surface area contributed by atoms with E-state index in [0.717, 1.165) is 11.1 Å². The Bertz CT molecular complexity index is 1480. The molecule has 0 aliphatic carbocycles. The lowest BCUT2D eigenvalue weighted by Gasteiger charge is -2.00. The van der Waals surface area contributed by atoms with Crippen molar-refractivity contribution in [1.29, 1.82) is 0 Å². The molecule has 42 heavy (non-hydrogen) atoms. The van der Waals surface area contributed by atoms with E-state index in [4.69, 9.17) is 33.1 Å². The van der Waals surface area contributed by atoms with Crippen LogP contribution in [0.5, 0.6) is 0 Å². The normalized spacial score (nSPS) is 9.90. The summed E-state index contributed by atoms with van der Waals surface area (Å²) in [5.74, 6) is -0.304. The molecule has 14 nitrogen and oxygen atoms in total. The zero-order chi connectivity index (χ0) is 30.5. The first-order chi connectivity index (χ1) is 20.1. The minimum absolute atomic E-state index is 0.0759. The lowest BCUT2D eigenvalue weighted by molar-refractivity contribution is -0.137. The second-order valence-corrected chi connectivity index (χ2v) is 8.44. The van der Waals surface area contributed by atoms with Crippen molar-refractivity contribution in [2.45, 2.75) is 12.8 Å². The maximum absolute atomic E-state index is 10.4. The van der Waals surface area contributed by atoms with Crippen LogP contribution in [0.25, 0.3) is 22.8 Å². The Morgan fingerprint density at radius 2 is 0.833 bits per heavy atom. The quantitative estimate of drug-likeness (QED) is 0.172. The van der Waals surface area contributed by atoms with Crippen molar-refractivity contribution in [3.8, 4) is 22.8 Å². The van der Waals surface area contributed by atoms with Gasteiger partial charge < -0.3 is 33.1 Å². The van der Waals surface area contributed by atoms with Gasteiger partial charge in [0.15, 0.2) is 11.6 Å². The highest BCUT2D eigenvalue weighted by molar-refractivity contribution is 5.72. The van der Waals surface area contributed by atoms with Gasteiger partial charge in [0.05, 0.1) is 12.8 Å². The van der Waals surface area contributed by atoms with Crippen molar-refractivity contribution in [1.82, 2.24) is 29.9 Å². The number of nitrogens with zero attached hydrogens (tertiary/aromatic N) is 6. The second kappa shape index (κ2) is 14.8. The fourth-order valence-electron chi connectivity index (χ4n) is 3.45. The predicted molar refractivity (Wildman–Crippen MR) is 157 cm³/mol. The van der Waals surface area contributed by atoms with E-state index in [0.29, 0.717) is 22.8 Å². The van der Waals surface area contributed by atoms with Gasteiger partial charge in [-0.1, -0.05) is 84.9 Å². The molecular formula is C28H28N10O4. The number of aromatic nitrogens is 6. The van der Waals surface area contributed by atoms with Crippen molar-refractivity contribution >= 4 is 35.7 Å². The summed E-state index contributed by atoms with van der Waals surface area (Å²) in [7, 11) is 0. The van der Waals surface area contributed by atoms with E-state index >= 15 is 0 Å². The van der Waals surface area contributed by atoms with Gasteiger partial charge in [0.25, 0.3) is 0 Å². The van der Waals surface area contributed by atoms with Gasteiger partial charge >= 0.3 is 11.9 Å². The van der Waals surface area contributed by atoms with Gasteiger partial charge in [-0.05, 0) is 11.1 Å². The number of nitrogen functional groups attached to an aromatic ring is 4. The van der Waals surface area contributed by atoms with Gasteiger partial charge in [-0.3, -0.25) is 9.59 Å². The maximum Gasteiger partial charge on any atom is 0.307 e. The fraction of sp³-hybridized carbons (Fsp3) is 0.0714. The van der Waals surface area contributed by atoms with Crippen LogP contribution < -0.4 is 22.9 Å². The summed E-state index contributed by atoms with van der Waals surface area (Å²) >= 11 is 0. The summed E-state index contributed by atoms with van der Waals surface area (Å²) in [6.45, 7) is 0. The highest BCUT2D eigenvalue weighted by Gasteiger charge is 2.05. The summed E-state index contributed by atoms with van der Waals surface area (Å²) < 4.78 is 0. The van der Waals surface area contributed by atoms with Crippen LogP contribution in [0, 0.1) is 0 Å². The van der Waals surface area contributed by atoms with Crippen molar-refractivity contribution in [3.05, 3.63) is 96.1 Å². The summed E-state index contributed by atoms with van der Waals surface area (Å²) in [4.78, 5) is 44.1. The Morgan fingerprint density at radius 1 is 0.500 bits per heavy atom. The number of carbonyl (C=O) groups is 2. The van der Waals surface area contributed by atoms with E-state index in [1.54, 1.807) is 24.3 Å². The Kier molecular flexibility index (Phi) is 10.7. The Labute approximate surface area is 240 Å². The molecule has 2 heterocycles. The number of carboxylic acids is 2. The van der Waals surface area contributed by atoms with Crippen LogP contribution in [-0.2, 0) is 22.4 Å². The average molecular weight is 569 g/mol. The number of hydrogen-bond donors (Lipinski definition) is 6. The topological polar surface area (TPSA) is 256 Å². The zero-order valence-electron chi connectivity index (χ0n) is 22.2. The van der Waals surface area contributed by atoms with E-state index in [9.17, 15) is 9.59 Å². The molecule has 0 unspecified atom stereocenters. The molecule has 14 heteroatoms. The van der Waals surface area contributed by atoms with Crippen LogP contribution in [0.15, 0.2) is 84.9 Å². The molecule has 0 bridgehead atoms. The number of rotatable bonds is 6. The van der Waals surface area contributed by atoms with Gasteiger partial charge in [-0.25, -0.2) is 0 Å². The van der Waals surface area contributed by atoms with E-state index in [-0.39, 0.29) is 36.6 Å². The summed E-state index contributed by atoms with van der Waals surface area (Å²) in [6, 6.07) is 25.5. The number of aliphatic carboxylic acids is 2. The lowest BCUT2D eigenvalue weighted by atomic mass is 10.1. The molecule has 2 aromatic heterocycles. The van der Waals surface area contributed by atoms with Crippen LogP contribution in [0.2, 0.25) is 0 Å². The van der Waals surface area contributed by atoms with Gasteiger partial charge in [-0.2, -0.15) is 29.9 Å². The van der Waals surface area contributed by atoms with Gasteiger partial charge in [0.1, 0.15) is 0 Å². The summed E-state index contributed by atoms with van der Waals surface area (Å²) in [5.41, 5.74) is 24.8. The first-order valence-corrected chi connectivity index (χ1v) is 12.3. The molecular weight excluding hydrogens is 540 g/mol. The SMILES string of the molecule is Nc1nc(N)nc(-c2ccccc2)n1.Nc1nc(N)nc(-c2ccccc2)n1.O=C(O)Cc1cccc(CC(=O)O)c1. The number of benzene rings is 3. The third kappa shape index (κ3) is 10.2. The molecule has 10 N–H and O–H groups in total. The van der Waals surface area contributed by atoms with E-state index < -0.39 is 11.9 Å². The Morgan fingerprint density at radius 3 is 1.14 bits per heavy atom. The van der Waals surface area contributed by atoms with Crippen LogP contribution in [0.3, 0.4) is 0 Å². The molecule has 5 aromatic rings. The largest absolute Gasteiger partial charge is 0.481 e. The summed E-state index contributed by atoms with van der Waals surface area (Å²) in [6.07, 6.45) is -0.152. The smallest absolute Gasteiger partial charge is 0.307 e. The molecule has 0 aliphatic heterocycles. The highest BCUT2D eigenvalue weighted by Crippen LogP contribution is 2.16. The minimum Gasteiger partial charge on any atom is -0.481 e. The Hall–Kier alpha value is -6.18. The molecule has 0 amide bonds. The zero-order valence-corrected chi connectivity index (χ0v) is 22.2. The first-order valence-electron chi connectivity index (χ1n) is 12.3. The number of anilines is 4. The standard InChI is InChI=1S/C10H10O4.2C9H9N5/c11-9(12)5-7-2-1-3-8(4-7)6-10(13)14;2*10-8-12-7(13-9(11)14-8)6-4-2-1-3-5-6/h1-4H,5-6H2,(H,11,12)(H,13,14);2*1-5H,(H4,10,11,12,13,14). The van der Waals surface area contributed by atoms with Crippen LogP contribution in [0.1, 0.15) is 11.1 Å². The van der Waals surface area contributed by atoms with Gasteiger partial charge in [0, 0.05) is 11.1 Å². The van der Waals surface area contributed by atoms with Crippen LogP contribution >= 0.6 is 0 Å². The number of hydrogen-bond acceptors (Lipinski definition) is 12. The number of carboxylic acid groups (broad SMARTS) is 2. The molecule has 0 fully saturated rings. The van der Waals surface area contributed by atoms with E-state index in [2.05, 4.69) is 29.9 Å². The highest BCUT2D eigenvalue weighted by atomic mass is 16.4. The molecule has 0 spiro atoms. The third-order valence-electron chi connectivity index (χ3n) is 5.11. The monoisotopic (exact) mass is 568 g/mol. The average Bonchev–Trinajstić information content (AvgIpc) is 2.93. The Balaban J connectivity index is 0.000000173. The lowest BCUT2D eigenvalue weighted by Crippen LogP contribution is -2.04. The van der Waals surface area contributed by atoms with Crippen LogP contribution in [0.4, 0.5) is 23.8 Å².